The standard InChI is InChI=1S/C29H27F5O3/c1-3-35-23-12-11-21(26(31)27(23)32)19-9-10-20(22(30)15-19)18-7-5-17(6-8-18)16-37-25-14-13-24(36-4-2)28(33)29(25)34/h7,9-15,17H,3-6,8,16H2,1-2H3. The van der Waals surface area contributed by atoms with E-state index in [0.717, 1.165) is 5.57 Å². The van der Waals surface area contributed by atoms with Crippen molar-refractivity contribution in [2.45, 2.75) is 33.1 Å². The first-order valence-corrected chi connectivity index (χ1v) is 12.2. The summed E-state index contributed by atoms with van der Waals surface area (Å²) < 4.78 is 87.7. The van der Waals surface area contributed by atoms with Crippen LogP contribution in [-0.4, -0.2) is 19.8 Å². The summed E-state index contributed by atoms with van der Waals surface area (Å²) in [6.45, 7) is 3.93. The summed E-state index contributed by atoms with van der Waals surface area (Å²) in [4.78, 5) is 0. The molecule has 3 aromatic carbocycles. The van der Waals surface area contributed by atoms with Gasteiger partial charge in [0.15, 0.2) is 23.1 Å². The molecule has 0 aliphatic heterocycles. The van der Waals surface area contributed by atoms with Gasteiger partial charge in [0.2, 0.25) is 17.5 Å². The molecule has 1 aliphatic carbocycles. The Labute approximate surface area is 212 Å². The lowest BCUT2D eigenvalue weighted by molar-refractivity contribution is 0.226. The van der Waals surface area contributed by atoms with E-state index in [0.29, 0.717) is 24.8 Å². The second kappa shape index (κ2) is 11.7. The molecule has 0 aromatic heterocycles. The van der Waals surface area contributed by atoms with Gasteiger partial charge in [-0.1, -0.05) is 18.2 Å². The van der Waals surface area contributed by atoms with Crippen molar-refractivity contribution in [3.63, 3.8) is 0 Å². The van der Waals surface area contributed by atoms with E-state index in [2.05, 4.69) is 0 Å². The van der Waals surface area contributed by atoms with Crippen molar-refractivity contribution in [3.05, 3.63) is 83.2 Å². The van der Waals surface area contributed by atoms with Crippen LogP contribution in [0.3, 0.4) is 0 Å². The van der Waals surface area contributed by atoms with E-state index in [9.17, 15) is 22.0 Å². The largest absolute Gasteiger partial charge is 0.491 e. The smallest absolute Gasteiger partial charge is 0.204 e. The van der Waals surface area contributed by atoms with E-state index in [1.165, 1.54) is 30.3 Å². The molecule has 0 amide bonds. The van der Waals surface area contributed by atoms with Crippen LogP contribution in [0.2, 0.25) is 0 Å². The predicted octanol–water partition coefficient (Wildman–Crippen LogP) is 8.11. The van der Waals surface area contributed by atoms with Crippen molar-refractivity contribution in [2.75, 3.05) is 19.8 Å². The summed E-state index contributed by atoms with van der Waals surface area (Å²) in [6.07, 6.45) is 3.67. The summed E-state index contributed by atoms with van der Waals surface area (Å²) in [5.74, 6) is -5.43. The van der Waals surface area contributed by atoms with E-state index < -0.39 is 29.1 Å². The molecule has 8 heteroatoms. The van der Waals surface area contributed by atoms with Gasteiger partial charge in [-0.05, 0) is 80.5 Å². The van der Waals surface area contributed by atoms with Crippen LogP contribution in [0.1, 0.15) is 38.7 Å². The Hall–Kier alpha value is -3.55. The van der Waals surface area contributed by atoms with Crippen LogP contribution in [0.25, 0.3) is 16.7 Å². The molecule has 196 valence electrons. The molecule has 0 radical (unpaired) electrons. The molecule has 1 unspecified atom stereocenters. The third-order valence-electron chi connectivity index (χ3n) is 6.28. The van der Waals surface area contributed by atoms with Crippen LogP contribution in [0.4, 0.5) is 22.0 Å². The van der Waals surface area contributed by atoms with Crippen molar-refractivity contribution in [3.8, 4) is 28.4 Å². The van der Waals surface area contributed by atoms with Gasteiger partial charge in [-0.3, -0.25) is 0 Å². The average Bonchev–Trinajstić information content (AvgIpc) is 2.90. The Morgan fingerprint density at radius 3 is 1.84 bits per heavy atom. The molecule has 0 saturated heterocycles. The molecule has 0 spiro atoms. The molecule has 0 heterocycles. The summed E-state index contributed by atoms with van der Waals surface area (Å²) in [7, 11) is 0. The van der Waals surface area contributed by atoms with E-state index in [1.807, 2.05) is 6.08 Å². The number of allylic oxidation sites excluding steroid dienone is 2. The summed E-state index contributed by atoms with van der Waals surface area (Å²) in [5, 5.41) is 0. The van der Waals surface area contributed by atoms with Crippen molar-refractivity contribution < 1.29 is 36.2 Å². The van der Waals surface area contributed by atoms with Crippen LogP contribution in [0, 0.1) is 35.0 Å². The molecule has 0 saturated carbocycles. The number of benzene rings is 3. The van der Waals surface area contributed by atoms with Crippen molar-refractivity contribution in [2.24, 2.45) is 5.92 Å². The van der Waals surface area contributed by atoms with E-state index in [1.54, 1.807) is 26.0 Å². The first kappa shape index (κ1) is 26.5. The molecular weight excluding hydrogens is 491 g/mol. The highest BCUT2D eigenvalue weighted by Crippen LogP contribution is 2.36. The molecule has 0 bridgehead atoms. The Balaban J connectivity index is 1.42. The number of ether oxygens (including phenoxy) is 3. The molecule has 0 N–H and O–H groups in total. The molecule has 1 atom stereocenters. The maximum absolute atomic E-state index is 15.0. The molecule has 0 fully saturated rings. The first-order chi connectivity index (χ1) is 17.8. The molecule has 4 rings (SSSR count). The number of hydrogen-bond donors (Lipinski definition) is 0. The highest BCUT2D eigenvalue weighted by Gasteiger charge is 2.22. The Bertz CT molecular complexity index is 1310. The predicted molar refractivity (Wildman–Crippen MR) is 131 cm³/mol. The minimum Gasteiger partial charge on any atom is -0.491 e. The average molecular weight is 519 g/mol. The Morgan fingerprint density at radius 1 is 0.703 bits per heavy atom. The van der Waals surface area contributed by atoms with E-state index in [4.69, 9.17) is 14.2 Å². The number of rotatable bonds is 9. The number of hydrogen-bond acceptors (Lipinski definition) is 3. The van der Waals surface area contributed by atoms with Gasteiger partial charge in [0.05, 0.1) is 19.8 Å². The van der Waals surface area contributed by atoms with Crippen molar-refractivity contribution in [1.82, 2.24) is 0 Å². The summed E-state index contributed by atoms with van der Waals surface area (Å²) >= 11 is 0. The topological polar surface area (TPSA) is 27.7 Å². The second-order valence-corrected chi connectivity index (χ2v) is 8.67. The summed E-state index contributed by atoms with van der Waals surface area (Å²) in [6, 6.07) is 9.64. The van der Waals surface area contributed by atoms with Crippen LogP contribution < -0.4 is 14.2 Å². The first-order valence-electron chi connectivity index (χ1n) is 12.2. The van der Waals surface area contributed by atoms with Gasteiger partial charge >= 0.3 is 0 Å². The fraction of sp³-hybridized carbons (Fsp3) is 0.310. The van der Waals surface area contributed by atoms with Crippen LogP contribution >= 0.6 is 0 Å². The third kappa shape index (κ3) is 5.73. The van der Waals surface area contributed by atoms with E-state index >= 15 is 0 Å². The quantitative estimate of drug-likeness (QED) is 0.268. The fourth-order valence-corrected chi connectivity index (χ4v) is 4.35. The van der Waals surface area contributed by atoms with Gasteiger partial charge in [0, 0.05) is 11.1 Å². The zero-order valence-corrected chi connectivity index (χ0v) is 20.6. The second-order valence-electron chi connectivity index (χ2n) is 8.67. The van der Waals surface area contributed by atoms with Crippen molar-refractivity contribution >= 4 is 5.57 Å². The summed E-state index contributed by atoms with van der Waals surface area (Å²) in [5.41, 5.74) is 1.33. The van der Waals surface area contributed by atoms with Gasteiger partial charge in [-0.2, -0.15) is 13.2 Å². The van der Waals surface area contributed by atoms with Crippen molar-refractivity contribution in [1.29, 1.82) is 0 Å². The minimum absolute atomic E-state index is 0.0426. The zero-order valence-electron chi connectivity index (χ0n) is 20.6. The highest BCUT2D eigenvalue weighted by atomic mass is 19.2. The maximum atomic E-state index is 15.0. The van der Waals surface area contributed by atoms with Crippen LogP contribution in [-0.2, 0) is 0 Å². The Kier molecular flexibility index (Phi) is 8.36. The Morgan fingerprint density at radius 2 is 1.27 bits per heavy atom. The molecular formula is C29H27F5O3. The molecule has 1 aliphatic rings. The number of halogens is 5. The van der Waals surface area contributed by atoms with Crippen LogP contribution in [0.15, 0.2) is 48.5 Å². The van der Waals surface area contributed by atoms with Gasteiger partial charge in [-0.25, -0.2) is 8.78 Å². The third-order valence-corrected chi connectivity index (χ3v) is 6.28. The normalized spacial score (nSPS) is 15.3. The van der Waals surface area contributed by atoms with Gasteiger partial charge in [0.25, 0.3) is 0 Å². The minimum atomic E-state index is -1.11. The zero-order chi connectivity index (χ0) is 26.5. The lowest BCUT2D eigenvalue weighted by atomic mass is 9.86. The lowest BCUT2D eigenvalue weighted by Gasteiger charge is -2.23. The van der Waals surface area contributed by atoms with Gasteiger partial charge < -0.3 is 14.2 Å². The highest BCUT2D eigenvalue weighted by molar-refractivity contribution is 5.72. The van der Waals surface area contributed by atoms with Gasteiger partial charge in [-0.15, -0.1) is 0 Å². The molecule has 3 nitrogen and oxygen atoms in total. The van der Waals surface area contributed by atoms with E-state index in [-0.39, 0.29) is 54.1 Å². The molecule has 3 aromatic rings. The van der Waals surface area contributed by atoms with Gasteiger partial charge in [0.1, 0.15) is 5.82 Å². The SMILES string of the molecule is CCOc1ccc(OCC2CC=C(c3ccc(-c4ccc(OCC)c(F)c4F)cc3F)CC2)c(F)c1F. The van der Waals surface area contributed by atoms with Crippen LogP contribution in [0.5, 0.6) is 17.2 Å². The molecule has 37 heavy (non-hydrogen) atoms. The maximum Gasteiger partial charge on any atom is 0.204 e. The fourth-order valence-electron chi connectivity index (χ4n) is 4.35. The monoisotopic (exact) mass is 518 g/mol. The lowest BCUT2D eigenvalue weighted by Crippen LogP contribution is -2.15.